The maximum atomic E-state index is 12.4. The summed E-state index contributed by atoms with van der Waals surface area (Å²) in [6.07, 6.45) is 1.44. The zero-order chi connectivity index (χ0) is 15.0. The lowest BCUT2D eigenvalue weighted by Gasteiger charge is -2.07. The molecule has 3 aromatic rings. The summed E-state index contributed by atoms with van der Waals surface area (Å²) in [5.41, 5.74) is 1.11. The van der Waals surface area contributed by atoms with Gasteiger partial charge >= 0.3 is 0 Å². The van der Waals surface area contributed by atoms with E-state index in [4.69, 9.17) is 23.2 Å². The topological polar surface area (TPSA) is 62.0 Å². The first-order valence-corrected chi connectivity index (χ1v) is 8.25. The molecule has 1 heterocycles. The smallest absolute Gasteiger partial charge is 0.264 e. The van der Waals surface area contributed by atoms with Gasteiger partial charge in [0.05, 0.1) is 0 Å². The van der Waals surface area contributed by atoms with E-state index in [2.05, 4.69) is 9.71 Å². The van der Waals surface area contributed by atoms with Gasteiger partial charge in [-0.05, 0) is 42.5 Å². The average molecular weight is 341 g/mol. The SMILES string of the molecule is O=S(=O)(Nc1ccc(Cl)cc1)c1c[nH]c2cc(Cl)ccc12. The molecule has 0 unspecified atom stereocenters. The summed E-state index contributed by atoms with van der Waals surface area (Å²) in [5.74, 6) is 0. The number of halogens is 2. The standard InChI is InChI=1S/C14H10Cl2N2O2S/c15-9-1-4-11(5-2-9)18-21(19,20)14-8-17-13-7-10(16)3-6-12(13)14/h1-8,17-18H. The molecular weight excluding hydrogens is 331 g/mol. The largest absolute Gasteiger partial charge is 0.360 e. The maximum absolute atomic E-state index is 12.4. The van der Waals surface area contributed by atoms with E-state index in [0.717, 1.165) is 0 Å². The summed E-state index contributed by atoms with van der Waals surface area (Å²) in [6.45, 7) is 0. The Balaban J connectivity index is 2.02. The van der Waals surface area contributed by atoms with E-state index < -0.39 is 10.0 Å². The number of hydrogen-bond acceptors (Lipinski definition) is 2. The monoisotopic (exact) mass is 340 g/mol. The van der Waals surface area contributed by atoms with Crippen LogP contribution in [0.25, 0.3) is 10.9 Å². The first-order chi connectivity index (χ1) is 9.95. The minimum absolute atomic E-state index is 0.170. The normalized spacial score (nSPS) is 11.7. The highest BCUT2D eigenvalue weighted by Crippen LogP contribution is 2.27. The number of rotatable bonds is 3. The van der Waals surface area contributed by atoms with E-state index in [-0.39, 0.29) is 4.90 Å². The van der Waals surface area contributed by atoms with Crippen molar-refractivity contribution in [3.63, 3.8) is 0 Å². The number of fused-ring (bicyclic) bond motifs is 1. The van der Waals surface area contributed by atoms with Crippen LogP contribution in [0.1, 0.15) is 0 Å². The van der Waals surface area contributed by atoms with Crippen molar-refractivity contribution in [3.05, 3.63) is 58.7 Å². The van der Waals surface area contributed by atoms with Crippen molar-refractivity contribution < 1.29 is 8.42 Å². The Morgan fingerprint density at radius 3 is 2.33 bits per heavy atom. The van der Waals surface area contributed by atoms with Gasteiger partial charge in [-0.15, -0.1) is 0 Å². The maximum Gasteiger partial charge on any atom is 0.264 e. The number of aromatic nitrogens is 1. The van der Waals surface area contributed by atoms with Gasteiger partial charge in [0.2, 0.25) is 0 Å². The molecule has 7 heteroatoms. The number of hydrogen-bond donors (Lipinski definition) is 2. The number of sulfonamides is 1. The van der Waals surface area contributed by atoms with Gasteiger partial charge in [0, 0.05) is 32.8 Å². The van der Waals surface area contributed by atoms with E-state index in [0.29, 0.717) is 26.6 Å². The molecule has 0 spiro atoms. The van der Waals surface area contributed by atoms with Crippen LogP contribution >= 0.6 is 23.2 Å². The number of nitrogens with one attached hydrogen (secondary N) is 2. The third-order valence-electron chi connectivity index (χ3n) is 2.99. The van der Waals surface area contributed by atoms with Crippen molar-refractivity contribution >= 4 is 49.8 Å². The quantitative estimate of drug-likeness (QED) is 0.747. The summed E-state index contributed by atoms with van der Waals surface area (Å²) in [4.78, 5) is 3.08. The summed E-state index contributed by atoms with van der Waals surface area (Å²) < 4.78 is 27.4. The van der Waals surface area contributed by atoms with Crippen LogP contribution < -0.4 is 4.72 Å². The molecule has 21 heavy (non-hydrogen) atoms. The van der Waals surface area contributed by atoms with Gasteiger partial charge in [-0.2, -0.15) is 0 Å². The van der Waals surface area contributed by atoms with E-state index in [9.17, 15) is 8.42 Å². The molecule has 0 bridgehead atoms. The van der Waals surface area contributed by atoms with Gasteiger partial charge in [-0.25, -0.2) is 8.42 Å². The fraction of sp³-hybridized carbons (Fsp3) is 0. The molecule has 0 radical (unpaired) electrons. The van der Waals surface area contributed by atoms with E-state index in [1.807, 2.05) is 0 Å². The Bertz CT molecular complexity index is 902. The molecule has 2 N–H and O–H groups in total. The number of H-pyrrole nitrogens is 1. The number of benzene rings is 2. The summed E-state index contributed by atoms with van der Waals surface area (Å²) in [5, 5.41) is 1.67. The first-order valence-electron chi connectivity index (χ1n) is 6.01. The van der Waals surface area contributed by atoms with Crippen molar-refractivity contribution in [1.29, 1.82) is 0 Å². The van der Waals surface area contributed by atoms with E-state index in [1.54, 1.807) is 42.5 Å². The van der Waals surface area contributed by atoms with Gasteiger partial charge in [0.15, 0.2) is 0 Å². The van der Waals surface area contributed by atoms with Crippen molar-refractivity contribution in [1.82, 2.24) is 4.98 Å². The van der Waals surface area contributed by atoms with E-state index in [1.165, 1.54) is 6.20 Å². The van der Waals surface area contributed by atoms with Crippen molar-refractivity contribution in [2.24, 2.45) is 0 Å². The molecule has 0 saturated carbocycles. The van der Waals surface area contributed by atoms with Crippen LogP contribution in [0.2, 0.25) is 10.0 Å². The van der Waals surface area contributed by atoms with Gasteiger partial charge in [-0.3, -0.25) is 4.72 Å². The van der Waals surface area contributed by atoms with Crippen molar-refractivity contribution in [2.45, 2.75) is 4.90 Å². The van der Waals surface area contributed by atoms with Crippen LogP contribution in [0.15, 0.2) is 53.6 Å². The predicted octanol–water partition coefficient (Wildman–Crippen LogP) is 4.28. The number of aromatic amines is 1. The zero-order valence-corrected chi connectivity index (χ0v) is 12.9. The van der Waals surface area contributed by atoms with Gasteiger partial charge < -0.3 is 4.98 Å². The molecule has 0 aliphatic heterocycles. The van der Waals surface area contributed by atoms with Crippen LogP contribution in [0.3, 0.4) is 0 Å². The van der Waals surface area contributed by atoms with Gasteiger partial charge in [0.25, 0.3) is 10.0 Å². The Labute approximate surface area is 131 Å². The molecule has 0 saturated heterocycles. The van der Waals surface area contributed by atoms with Gasteiger partial charge in [0.1, 0.15) is 4.90 Å². The molecule has 2 aromatic carbocycles. The Morgan fingerprint density at radius 2 is 1.62 bits per heavy atom. The third kappa shape index (κ3) is 2.85. The lowest BCUT2D eigenvalue weighted by molar-refractivity contribution is 0.602. The first kappa shape index (κ1) is 14.3. The molecule has 3 rings (SSSR count). The summed E-state index contributed by atoms with van der Waals surface area (Å²) >= 11 is 11.7. The van der Waals surface area contributed by atoms with Crippen LogP contribution in [0, 0.1) is 0 Å². The summed E-state index contributed by atoms with van der Waals surface area (Å²) in [7, 11) is -3.69. The fourth-order valence-corrected chi connectivity index (χ4v) is 3.56. The van der Waals surface area contributed by atoms with Crippen molar-refractivity contribution in [2.75, 3.05) is 4.72 Å². The molecule has 0 atom stereocenters. The molecule has 0 amide bonds. The minimum Gasteiger partial charge on any atom is -0.360 e. The second-order valence-corrected chi connectivity index (χ2v) is 6.98. The lowest BCUT2D eigenvalue weighted by atomic mass is 10.2. The van der Waals surface area contributed by atoms with E-state index >= 15 is 0 Å². The highest BCUT2D eigenvalue weighted by molar-refractivity contribution is 7.93. The van der Waals surface area contributed by atoms with Crippen LogP contribution in [-0.4, -0.2) is 13.4 Å². The minimum atomic E-state index is -3.69. The van der Waals surface area contributed by atoms with Gasteiger partial charge in [-0.1, -0.05) is 23.2 Å². The highest BCUT2D eigenvalue weighted by Gasteiger charge is 2.19. The Morgan fingerprint density at radius 1 is 0.952 bits per heavy atom. The average Bonchev–Trinajstić information content (AvgIpc) is 2.85. The molecule has 108 valence electrons. The Hall–Kier alpha value is -1.69. The summed E-state index contributed by atoms with van der Waals surface area (Å²) in [6, 6.07) is 11.4. The lowest BCUT2D eigenvalue weighted by Crippen LogP contribution is -2.12. The highest BCUT2D eigenvalue weighted by atomic mass is 35.5. The molecule has 0 aliphatic rings. The second-order valence-electron chi connectivity index (χ2n) is 4.46. The molecular formula is C14H10Cl2N2O2S. The van der Waals surface area contributed by atoms with Crippen LogP contribution in [0.5, 0.6) is 0 Å². The molecule has 0 aliphatic carbocycles. The van der Waals surface area contributed by atoms with Crippen molar-refractivity contribution in [3.8, 4) is 0 Å². The molecule has 1 aromatic heterocycles. The predicted molar refractivity (Wildman–Crippen MR) is 85.6 cm³/mol. The second kappa shape index (κ2) is 5.26. The Kier molecular flexibility index (Phi) is 3.57. The molecule has 4 nitrogen and oxygen atoms in total. The number of anilines is 1. The fourth-order valence-electron chi connectivity index (χ4n) is 2.02. The van der Waals surface area contributed by atoms with Crippen LogP contribution in [-0.2, 0) is 10.0 Å². The van der Waals surface area contributed by atoms with Crippen LogP contribution in [0.4, 0.5) is 5.69 Å². The third-order valence-corrected chi connectivity index (χ3v) is 4.90. The zero-order valence-electron chi connectivity index (χ0n) is 10.6. The molecule has 0 fully saturated rings.